The first kappa shape index (κ1) is 19.3. The van der Waals surface area contributed by atoms with Gasteiger partial charge in [-0.05, 0) is 50.5 Å². The van der Waals surface area contributed by atoms with Gasteiger partial charge >= 0.3 is 0 Å². The van der Waals surface area contributed by atoms with Crippen molar-refractivity contribution in [2.24, 2.45) is 5.73 Å². The maximum Gasteiger partial charge on any atom is 0.161 e. The molecular formula is C22H19F2N3OS. The standard InChI is InChI=1S/C22H19F2N3OS/c1-11-9-13(12(2)29-11)19-14(10-25)22(26)27(17-7-4-8-18(28)20(17)19)21-15(23)5-3-6-16(21)24/h3,5-6,9,19H,4,7-8,26H2,1-2H3. The number of nitrogens with zero attached hydrogens (tertiary/aromatic N) is 2. The van der Waals surface area contributed by atoms with Crippen LogP contribution in [0.4, 0.5) is 14.5 Å². The van der Waals surface area contributed by atoms with E-state index in [9.17, 15) is 18.8 Å². The molecule has 1 aliphatic heterocycles. The van der Waals surface area contributed by atoms with Gasteiger partial charge in [-0.1, -0.05) is 6.07 Å². The number of aryl methyl sites for hydroxylation is 2. The van der Waals surface area contributed by atoms with Gasteiger partial charge in [0.2, 0.25) is 0 Å². The highest BCUT2D eigenvalue weighted by atomic mass is 32.1. The summed E-state index contributed by atoms with van der Waals surface area (Å²) in [6.45, 7) is 3.90. The van der Waals surface area contributed by atoms with Crippen LogP contribution >= 0.6 is 11.3 Å². The number of carbonyl (C=O) groups excluding carboxylic acids is 1. The number of Topliss-reactive ketones (excluding diaryl/α,β-unsaturated/α-hetero) is 1. The van der Waals surface area contributed by atoms with Crippen molar-refractivity contribution in [1.82, 2.24) is 0 Å². The zero-order valence-corrected chi connectivity index (χ0v) is 16.9. The Bertz CT molecular complexity index is 1120. The highest BCUT2D eigenvalue weighted by Crippen LogP contribution is 2.48. The third-order valence-electron chi connectivity index (χ3n) is 5.46. The van der Waals surface area contributed by atoms with Crippen molar-refractivity contribution in [3.63, 3.8) is 0 Å². The lowest BCUT2D eigenvalue weighted by Crippen LogP contribution is -2.39. The van der Waals surface area contributed by atoms with Crippen molar-refractivity contribution in [1.29, 1.82) is 5.26 Å². The van der Waals surface area contributed by atoms with Crippen LogP contribution in [0, 0.1) is 36.8 Å². The van der Waals surface area contributed by atoms with E-state index in [0.29, 0.717) is 30.5 Å². The molecule has 0 radical (unpaired) electrons. The summed E-state index contributed by atoms with van der Waals surface area (Å²) in [6, 6.07) is 7.63. The molecule has 1 aromatic heterocycles. The highest BCUT2D eigenvalue weighted by molar-refractivity contribution is 7.12. The van der Waals surface area contributed by atoms with Crippen LogP contribution in [-0.4, -0.2) is 5.78 Å². The minimum atomic E-state index is -0.795. The van der Waals surface area contributed by atoms with Gasteiger partial charge in [-0.3, -0.25) is 9.69 Å². The molecule has 29 heavy (non-hydrogen) atoms. The number of benzene rings is 1. The maximum absolute atomic E-state index is 14.6. The summed E-state index contributed by atoms with van der Waals surface area (Å²) in [7, 11) is 0. The minimum absolute atomic E-state index is 0.0294. The molecule has 4 rings (SSSR count). The molecule has 2 N–H and O–H groups in total. The maximum atomic E-state index is 14.6. The summed E-state index contributed by atoms with van der Waals surface area (Å²) in [5.41, 5.74) is 7.89. The van der Waals surface area contributed by atoms with Crippen molar-refractivity contribution < 1.29 is 13.6 Å². The average molecular weight is 411 g/mol. The molecule has 0 bridgehead atoms. The smallest absolute Gasteiger partial charge is 0.161 e. The number of hydrogen-bond acceptors (Lipinski definition) is 5. The lowest BCUT2D eigenvalue weighted by Gasteiger charge is -2.39. The van der Waals surface area contributed by atoms with Crippen molar-refractivity contribution in [2.45, 2.75) is 39.0 Å². The third kappa shape index (κ3) is 2.95. The van der Waals surface area contributed by atoms with Crippen LogP contribution in [0.5, 0.6) is 0 Å². The number of nitriles is 1. The molecule has 2 heterocycles. The van der Waals surface area contributed by atoms with Gasteiger partial charge in [0.15, 0.2) is 5.78 Å². The zero-order valence-electron chi connectivity index (χ0n) is 16.1. The SMILES string of the molecule is Cc1cc(C2C(C#N)=C(N)N(c3c(F)cccc3F)C3=C2C(=O)CCC3)c(C)s1. The third-order valence-corrected chi connectivity index (χ3v) is 6.45. The van der Waals surface area contributed by atoms with E-state index >= 15 is 0 Å². The van der Waals surface area contributed by atoms with Crippen LogP contribution in [0.25, 0.3) is 0 Å². The fraction of sp³-hybridized carbons (Fsp3) is 0.273. The van der Waals surface area contributed by atoms with E-state index in [2.05, 4.69) is 6.07 Å². The van der Waals surface area contributed by atoms with Crippen LogP contribution in [-0.2, 0) is 4.79 Å². The number of hydrogen-bond donors (Lipinski definition) is 1. The van der Waals surface area contributed by atoms with Crippen molar-refractivity contribution >= 4 is 22.8 Å². The molecule has 0 spiro atoms. The van der Waals surface area contributed by atoms with Crippen molar-refractivity contribution in [3.8, 4) is 6.07 Å². The molecule has 2 aliphatic rings. The summed E-state index contributed by atoms with van der Waals surface area (Å²) in [6.07, 6.45) is 1.35. The van der Waals surface area contributed by atoms with Gasteiger partial charge < -0.3 is 5.73 Å². The van der Waals surface area contributed by atoms with Crippen LogP contribution < -0.4 is 10.6 Å². The number of ketones is 1. The molecule has 1 aromatic carbocycles. The minimum Gasteiger partial charge on any atom is -0.384 e. The van der Waals surface area contributed by atoms with E-state index < -0.39 is 17.6 Å². The quantitative estimate of drug-likeness (QED) is 0.759. The normalized spacial score (nSPS) is 19.5. The van der Waals surface area contributed by atoms with E-state index in [4.69, 9.17) is 5.73 Å². The number of allylic oxidation sites excluding steroid dienone is 3. The molecule has 2 aromatic rings. The molecular weight excluding hydrogens is 392 g/mol. The second-order valence-corrected chi connectivity index (χ2v) is 8.72. The fourth-order valence-electron chi connectivity index (χ4n) is 4.29. The molecule has 0 amide bonds. The number of rotatable bonds is 2. The summed E-state index contributed by atoms with van der Waals surface area (Å²) in [5, 5.41) is 9.94. The lowest BCUT2D eigenvalue weighted by molar-refractivity contribution is -0.116. The lowest BCUT2D eigenvalue weighted by atomic mass is 9.75. The van der Waals surface area contributed by atoms with Crippen molar-refractivity contribution in [2.75, 3.05) is 4.90 Å². The van der Waals surface area contributed by atoms with Gasteiger partial charge in [-0.25, -0.2) is 8.78 Å². The Morgan fingerprint density at radius 1 is 1.24 bits per heavy atom. The molecule has 0 saturated heterocycles. The monoisotopic (exact) mass is 411 g/mol. The largest absolute Gasteiger partial charge is 0.384 e. The van der Waals surface area contributed by atoms with E-state index in [1.165, 1.54) is 11.0 Å². The average Bonchev–Trinajstić information content (AvgIpc) is 3.00. The Morgan fingerprint density at radius 3 is 2.52 bits per heavy atom. The number of carbonyl (C=O) groups is 1. The summed E-state index contributed by atoms with van der Waals surface area (Å²) >= 11 is 1.58. The van der Waals surface area contributed by atoms with Crippen LogP contribution in [0.1, 0.15) is 40.5 Å². The number of para-hydroxylation sites is 1. The van der Waals surface area contributed by atoms with Crippen LogP contribution in [0.2, 0.25) is 0 Å². The molecule has 1 unspecified atom stereocenters. The fourth-order valence-corrected chi connectivity index (χ4v) is 5.26. The first-order valence-corrected chi connectivity index (χ1v) is 10.1. The van der Waals surface area contributed by atoms with Crippen molar-refractivity contribution in [3.05, 3.63) is 73.9 Å². The number of anilines is 1. The molecule has 4 nitrogen and oxygen atoms in total. The number of halogens is 2. The second kappa shape index (κ2) is 7.12. The van der Waals surface area contributed by atoms with E-state index in [-0.39, 0.29) is 22.9 Å². The Hall–Kier alpha value is -2.98. The Morgan fingerprint density at radius 2 is 1.93 bits per heavy atom. The molecule has 1 atom stereocenters. The summed E-state index contributed by atoms with van der Waals surface area (Å²) in [5.74, 6) is -2.34. The number of thiophene rings is 1. The van der Waals surface area contributed by atoms with E-state index in [1.807, 2.05) is 19.9 Å². The van der Waals surface area contributed by atoms with Gasteiger partial charge in [0.05, 0.1) is 17.6 Å². The molecule has 0 saturated carbocycles. The Balaban J connectivity index is 2.04. The summed E-state index contributed by atoms with van der Waals surface area (Å²) in [4.78, 5) is 16.3. The second-order valence-electron chi connectivity index (χ2n) is 7.26. The zero-order chi connectivity index (χ0) is 20.9. The number of nitrogens with two attached hydrogens (primary N) is 1. The Kier molecular flexibility index (Phi) is 4.75. The molecule has 1 aliphatic carbocycles. The predicted octanol–water partition coefficient (Wildman–Crippen LogP) is 4.95. The first-order valence-electron chi connectivity index (χ1n) is 9.32. The topological polar surface area (TPSA) is 70.1 Å². The van der Waals surface area contributed by atoms with Gasteiger partial charge in [0.1, 0.15) is 23.1 Å². The predicted molar refractivity (Wildman–Crippen MR) is 108 cm³/mol. The van der Waals surface area contributed by atoms with E-state index in [0.717, 1.165) is 27.5 Å². The van der Waals surface area contributed by atoms with Gasteiger partial charge in [-0.2, -0.15) is 5.26 Å². The van der Waals surface area contributed by atoms with Crippen LogP contribution in [0.15, 0.2) is 46.9 Å². The van der Waals surface area contributed by atoms with Crippen LogP contribution in [0.3, 0.4) is 0 Å². The van der Waals surface area contributed by atoms with Gasteiger partial charge in [0.25, 0.3) is 0 Å². The van der Waals surface area contributed by atoms with Gasteiger partial charge in [0, 0.05) is 27.4 Å². The first-order chi connectivity index (χ1) is 13.8. The Labute approximate surface area is 171 Å². The summed E-state index contributed by atoms with van der Waals surface area (Å²) < 4.78 is 29.3. The highest BCUT2D eigenvalue weighted by Gasteiger charge is 2.42. The van der Waals surface area contributed by atoms with Gasteiger partial charge in [-0.15, -0.1) is 11.3 Å². The van der Waals surface area contributed by atoms with E-state index in [1.54, 1.807) is 11.3 Å². The molecule has 7 heteroatoms. The molecule has 148 valence electrons. The molecule has 0 fully saturated rings.